The van der Waals surface area contributed by atoms with Gasteiger partial charge in [0.15, 0.2) is 0 Å². The number of amides is 3. The minimum absolute atomic E-state index is 0.109. The fraction of sp³-hybridized carbons (Fsp3) is 0.172. The molecule has 43 heavy (non-hydrogen) atoms. The van der Waals surface area contributed by atoms with E-state index < -0.39 is 43.8 Å². The van der Waals surface area contributed by atoms with Crippen molar-refractivity contribution >= 4 is 62.2 Å². The van der Waals surface area contributed by atoms with Crippen molar-refractivity contribution < 1.29 is 27.5 Å². The Balaban J connectivity index is 1.39. The Labute approximate surface area is 254 Å². The van der Waals surface area contributed by atoms with E-state index in [1.54, 1.807) is 48.5 Å². The summed E-state index contributed by atoms with van der Waals surface area (Å²) in [5.41, 5.74) is 1.43. The second-order valence-electron chi connectivity index (χ2n) is 9.87. The molecule has 0 aliphatic carbocycles. The van der Waals surface area contributed by atoms with Gasteiger partial charge in [0, 0.05) is 22.0 Å². The number of benzene rings is 3. The molecule has 1 aromatic heterocycles. The van der Waals surface area contributed by atoms with Crippen molar-refractivity contribution in [1.82, 2.24) is 4.57 Å². The molecule has 3 heterocycles. The molecule has 3 atom stereocenters. The molecule has 3 N–H and O–H groups in total. The Morgan fingerprint density at radius 2 is 1.63 bits per heavy atom. The number of sulfonamides is 1. The molecule has 14 heteroatoms. The van der Waals surface area contributed by atoms with Crippen molar-refractivity contribution in [2.24, 2.45) is 11.1 Å². The van der Waals surface area contributed by atoms with Gasteiger partial charge in [-0.2, -0.15) is 0 Å². The standard InChI is InChI=1S/C29H24N4O7S3/c1-40-20-10-6-5-9-19(20)22-23-24(27(36)33(26(23)35)17-7-3-2-4-8-17)41-28-25(22)42-29(37)32(28)15-21(34)31-16-11-13-18(14-12-16)43(30,38)39/h2-14,22-24H,15H2,1H3,(H,31,34)(H2,30,38,39)/t22-,23?,24?/m1/s1. The number of aromatic nitrogens is 1. The highest BCUT2D eigenvalue weighted by Gasteiger charge is 2.57. The first-order chi connectivity index (χ1) is 20.6. The highest BCUT2D eigenvalue weighted by Crippen LogP contribution is 2.55. The van der Waals surface area contributed by atoms with Gasteiger partial charge >= 0.3 is 4.87 Å². The summed E-state index contributed by atoms with van der Waals surface area (Å²) >= 11 is 2.04. The first kappa shape index (κ1) is 28.9. The summed E-state index contributed by atoms with van der Waals surface area (Å²) in [4.78, 5) is 55.4. The van der Waals surface area contributed by atoms with Crippen molar-refractivity contribution in [3.8, 4) is 5.75 Å². The van der Waals surface area contributed by atoms with Crippen LogP contribution in [0, 0.1) is 5.92 Å². The van der Waals surface area contributed by atoms with Gasteiger partial charge in [-0.15, -0.1) is 0 Å². The highest BCUT2D eigenvalue weighted by molar-refractivity contribution is 8.00. The Bertz CT molecular complexity index is 1920. The Morgan fingerprint density at radius 1 is 0.953 bits per heavy atom. The SMILES string of the molecule is COc1ccccc1[C@H]1c2sc(=O)n(CC(=O)Nc3ccc(S(N)(=O)=O)cc3)c2SC2C(=O)N(c3ccccc3)C(=O)C21. The van der Waals surface area contributed by atoms with E-state index in [2.05, 4.69) is 5.32 Å². The van der Waals surface area contributed by atoms with E-state index in [1.807, 2.05) is 6.07 Å². The first-order valence-electron chi connectivity index (χ1n) is 13.0. The third kappa shape index (κ3) is 5.16. The van der Waals surface area contributed by atoms with Gasteiger partial charge in [-0.05, 0) is 42.5 Å². The van der Waals surface area contributed by atoms with Crippen LogP contribution < -0.4 is 25.0 Å². The maximum absolute atomic E-state index is 14.0. The Kier molecular flexibility index (Phi) is 7.46. The molecule has 3 amide bonds. The van der Waals surface area contributed by atoms with Gasteiger partial charge in [0.25, 0.3) is 0 Å². The number of methoxy groups -OCH3 is 1. The zero-order valence-corrected chi connectivity index (χ0v) is 24.9. The second-order valence-corrected chi connectivity index (χ2v) is 13.6. The molecular formula is C29H24N4O7S3. The molecule has 3 aromatic carbocycles. The van der Waals surface area contributed by atoms with Gasteiger partial charge in [-0.25, -0.2) is 18.5 Å². The molecule has 0 saturated carbocycles. The minimum atomic E-state index is -3.90. The number of nitrogens with one attached hydrogen (secondary N) is 1. The van der Waals surface area contributed by atoms with Crippen molar-refractivity contribution in [2.75, 3.05) is 17.3 Å². The summed E-state index contributed by atoms with van der Waals surface area (Å²) in [5, 5.41) is 7.38. The van der Waals surface area contributed by atoms with Crippen LogP contribution in [0.5, 0.6) is 5.75 Å². The molecule has 0 bridgehead atoms. The average Bonchev–Trinajstić information content (AvgIpc) is 3.43. The van der Waals surface area contributed by atoms with Crippen LogP contribution >= 0.6 is 23.1 Å². The van der Waals surface area contributed by atoms with Gasteiger partial charge in [0.1, 0.15) is 17.5 Å². The largest absolute Gasteiger partial charge is 0.496 e. The molecule has 4 aromatic rings. The van der Waals surface area contributed by atoms with Gasteiger partial charge in [-0.3, -0.25) is 23.7 Å². The van der Waals surface area contributed by atoms with Gasteiger partial charge < -0.3 is 10.1 Å². The number of rotatable bonds is 7. The van der Waals surface area contributed by atoms with E-state index in [9.17, 15) is 27.6 Å². The number of hydrogen-bond acceptors (Lipinski definition) is 9. The fourth-order valence-corrected chi connectivity index (χ4v) is 8.70. The van der Waals surface area contributed by atoms with Crippen molar-refractivity contribution in [3.63, 3.8) is 0 Å². The van der Waals surface area contributed by atoms with Crippen LogP contribution in [-0.4, -0.2) is 43.1 Å². The van der Waals surface area contributed by atoms with Crippen LogP contribution in [0.2, 0.25) is 0 Å². The number of fused-ring (bicyclic) bond motifs is 2. The number of primary sulfonamides is 1. The van der Waals surface area contributed by atoms with Crippen LogP contribution in [0.4, 0.5) is 11.4 Å². The summed E-state index contributed by atoms with van der Waals surface area (Å²) in [5.74, 6) is -2.28. The van der Waals surface area contributed by atoms with Crippen LogP contribution in [-0.2, 0) is 31.0 Å². The maximum atomic E-state index is 14.0. The Morgan fingerprint density at radius 3 is 2.30 bits per heavy atom. The number of nitrogens with zero attached hydrogens (tertiary/aromatic N) is 2. The topological polar surface area (TPSA) is 158 Å². The van der Waals surface area contributed by atoms with Crippen molar-refractivity contribution in [2.45, 2.75) is 27.6 Å². The zero-order valence-electron chi connectivity index (χ0n) is 22.5. The van der Waals surface area contributed by atoms with E-state index >= 15 is 0 Å². The summed E-state index contributed by atoms with van der Waals surface area (Å²) in [6.45, 7) is -0.366. The molecule has 1 saturated heterocycles. The molecule has 2 aliphatic rings. The fourth-order valence-electron chi connectivity index (χ4n) is 5.42. The minimum Gasteiger partial charge on any atom is -0.496 e. The number of thioether (sulfide) groups is 1. The first-order valence-corrected chi connectivity index (χ1v) is 16.2. The summed E-state index contributed by atoms with van der Waals surface area (Å²) < 4.78 is 30.0. The second kappa shape index (κ2) is 11.1. The molecule has 6 rings (SSSR count). The van der Waals surface area contributed by atoms with E-state index in [0.29, 0.717) is 32.6 Å². The third-order valence-electron chi connectivity index (χ3n) is 7.31. The maximum Gasteiger partial charge on any atom is 0.308 e. The number of nitrogens with two attached hydrogens (primary N) is 1. The molecular weight excluding hydrogens is 613 g/mol. The molecule has 0 radical (unpaired) electrons. The molecule has 1 fully saturated rings. The number of imide groups is 1. The van der Waals surface area contributed by atoms with Crippen LogP contribution in [0.15, 0.2) is 93.6 Å². The highest BCUT2D eigenvalue weighted by atomic mass is 32.2. The number of anilines is 2. The molecule has 220 valence electrons. The van der Waals surface area contributed by atoms with Gasteiger partial charge in [0.2, 0.25) is 27.7 Å². The lowest BCUT2D eigenvalue weighted by atomic mass is 9.82. The van der Waals surface area contributed by atoms with Gasteiger partial charge in [0.05, 0.1) is 28.6 Å². The zero-order chi connectivity index (χ0) is 30.5. The smallest absolute Gasteiger partial charge is 0.308 e. The average molecular weight is 637 g/mol. The lowest BCUT2D eigenvalue weighted by molar-refractivity contribution is -0.122. The number of para-hydroxylation sites is 2. The van der Waals surface area contributed by atoms with Crippen molar-refractivity contribution in [1.29, 1.82) is 0 Å². The van der Waals surface area contributed by atoms with Crippen molar-refractivity contribution in [3.05, 3.63) is 99.0 Å². The third-order valence-corrected chi connectivity index (χ3v) is 10.8. The van der Waals surface area contributed by atoms with Crippen LogP contribution in [0.1, 0.15) is 16.4 Å². The molecule has 11 nitrogen and oxygen atoms in total. The molecule has 2 aliphatic heterocycles. The lowest BCUT2D eigenvalue weighted by Gasteiger charge is -2.31. The van der Waals surface area contributed by atoms with E-state index in [-0.39, 0.29) is 17.3 Å². The lowest BCUT2D eigenvalue weighted by Crippen LogP contribution is -2.33. The monoisotopic (exact) mass is 636 g/mol. The number of carbonyl (C=O) groups is 3. The Hall–Kier alpha value is -4.24. The number of hydrogen-bond donors (Lipinski definition) is 2. The van der Waals surface area contributed by atoms with Gasteiger partial charge in [-0.1, -0.05) is 59.5 Å². The summed E-state index contributed by atoms with van der Waals surface area (Å²) in [6, 6.07) is 21.2. The normalized spacial score (nSPS) is 19.6. The number of carbonyl (C=O) groups excluding carboxylic acids is 3. The number of ether oxygens (including phenoxy) is 1. The predicted molar refractivity (Wildman–Crippen MR) is 162 cm³/mol. The van der Waals surface area contributed by atoms with E-state index in [1.165, 1.54) is 40.8 Å². The quantitative estimate of drug-likeness (QED) is 0.293. The summed E-state index contributed by atoms with van der Waals surface area (Å²) in [7, 11) is -2.39. The van der Waals surface area contributed by atoms with E-state index in [0.717, 1.165) is 23.1 Å². The molecule has 0 spiro atoms. The van der Waals surface area contributed by atoms with E-state index in [4.69, 9.17) is 9.88 Å². The van der Waals surface area contributed by atoms with Crippen LogP contribution in [0.3, 0.4) is 0 Å². The van der Waals surface area contributed by atoms with Crippen LogP contribution in [0.25, 0.3) is 0 Å². The number of thiazole rings is 1. The summed E-state index contributed by atoms with van der Waals surface area (Å²) in [6.07, 6.45) is 0. The molecule has 2 unspecified atom stereocenters. The predicted octanol–water partition coefficient (Wildman–Crippen LogP) is 3.00.